The summed E-state index contributed by atoms with van der Waals surface area (Å²) in [5.41, 5.74) is -0.557. The van der Waals surface area contributed by atoms with Crippen LogP contribution in [-0.2, 0) is 9.53 Å². The first kappa shape index (κ1) is 18.1. The fourth-order valence-corrected chi connectivity index (χ4v) is 1.99. The summed E-state index contributed by atoms with van der Waals surface area (Å²) in [4.78, 5) is 46.9. The number of carbonyl (C=O) groups is 3. The molecular weight excluding hydrogens is 328 g/mol. The molecule has 0 aliphatic heterocycles. The van der Waals surface area contributed by atoms with Crippen LogP contribution in [0.3, 0.4) is 0 Å². The molecule has 0 aliphatic carbocycles. The minimum absolute atomic E-state index is 0.0907. The molecule has 2 rings (SSSR count). The van der Waals surface area contributed by atoms with Gasteiger partial charge in [-0.15, -0.1) is 0 Å². The maximum atomic E-state index is 12.1. The van der Waals surface area contributed by atoms with Crippen LogP contribution in [0.15, 0.2) is 29.1 Å². The SMILES string of the molecule is CC[C@@H](C)NC(=O)NC(=O)COC(=O)c1n[nH]c(=O)c2ccccc12. The number of nitrogens with one attached hydrogen (secondary N) is 3. The number of esters is 1. The van der Waals surface area contributed by atoms with Gasteiger partial charge < -0.3 is 10.1 Å². The number of imide groups is 1. The average molecular weight is 346 g/mol. The van der Waals surface area contributed by atoms with Crippen molar-refractivity contribution in [2.75, 3.05) is 6.61 Å². The van der Waals surface area contributed by atoms with E-state index in [2.05, 4.69) is 20.8 Å². The monoisotopic (exact) mass is 346 g/mol. The Morgan fingerprint density at radius 1 is 1.24 bits per heavy atom. The molecule has 0 aliphatic rings. The van der Waals surface area contributed by atoms with Crippen LogP contribution in [0.1, 0.15) is 30.8 Å². The Bertz CT molecular complexity index is 861. The standard InChI is InChI=1S/C16H18N4O5/c1-3-9(2)17-16(24)18-12(21)8-25-15(23)13-10-6-4-5-7-11(10)14(22)20-19-13/h4-7,9H,3,8H2,1-2H3,(H,20,22)(H2,17,18,21,24)/t9-/m1/s1. The van der Waals surface area contributed by atoms with E-state index in [1.807, 2.05) is 6.92 Å². The van der Waals surface area contributed by atoms with Crippen molar-refractivity contribution in [1.29, 1.82) is 0 Å². The molecule has 1 aromatic carbocycles. The second kappa shape index (κ2) is 8.04. The van der Waals surface area contributed by atoms with Crippen molar-refractivity contribution in [3.63, 3.8) is 0 Å². The largest absolute Gasteiger partial charge is 0.451 e. The number of aromatic amines is 1. The van der Waals surface area contributed by atoms with Gasteiger partial charge in [-0.3, -0.25) is 14.9 Å². The number of hydrogen-bond acceptors (Lipinski definition) is 6. The van der Waals surface area contributed by atoms with Gasteiger partial charge in [-0.2, -0.15) is 5.10 Å². The summed E-state index contributed by atoms with van der Waals surface area (Å²) in [5, 5.41) is 11.1. The highest BCUT2D eigenvalue weighted by molar-refractivity contribution is 6.03. The van der Waals surface area contributed by atoms with E-state index in [0.717, 1.165) is 0 Å². The van der Waals surface area contributed by atoms with Gasteiger partial charge in [-0.1, -0.05) is 25.1 Å². The topological polar surface area (TPSA) is 130 Å². The average Bonchev–Trinajstić information content (AvgIpc) is 2.60. The Morgan fingerprint density at radius 2 is 1.92 bits per heavy atom. The minimum Gasteiger partial charge on any atom is -0.451 e. The third kappa shape index (κ3) is 4.63. The third-order valence-electron chi connectivity index (χ3n) is 3.47. The Labute approximate surface area is 142 Å². The number of hydrogen-bond donors (Lipinski definition) is 3. The predicted octanol–water partition coefficient (Wildman–Crippen LogP) is 0.704. The Morgan fingerprint density at radius 3 is 2.60 bits per heavy atom. The quantitative estimate of drug-likeness (QED) is 0.683. The highest BCUT2D eigenvalue weighted by Crippen LogP contribution is 2.13. The van der Waals surface area contributed by atoms with E-state index in [1.165, 1.54) is 0 Å². The second-order valence-electron chi connectivity index (χ2n) is 5.35. The molecule has 0 saturated heterocycles. The number of H-pyrrole nitrogens is 1. The molecule has 0 saturated carbocycles. The number of urea groups is 1. The molecule has 2 aromatic rings. The molecule has 0 radical (unpaired) electrons. The summed E-state index contributed by atoms with van der Waals surface area (Å²) in [6.45, 7) is 3.02. The zero-order chi connectivity index (χ0) is 18.4. The fourth-order valence-electron chi connectivity index (χ4n) is 1.99. The zero-order valence-corrected chi connectivity index (χ0v) is 13.8. The lowest BCUT2D eigenvalue weighted by atomic mass is 10.1. The number of aromatic nitrogens is 2. The molecule has 0 fully saturated rings. The molecule has 3 amide bonds. The van der Waals surface area contributed by atoms with Crippen molar-refractivity contribution in [2.45, 2.75) is 26.3 Å². The lowest BCUT2D eigenvalue weighted by molar-refractivity contribution is -0.123. The number of amides is 3. The first-order valence-electron chi connectivity index (χ1n) is 7.67. The molecule has 9 heteroatoms. The second-order valence-corrected chi connectivity index (χ2v) is 5.35. The highest BCUT2D eigenvalue weighted by Gasteiger charge is 2.17. The maximum Gasteiger partial charge on any atom is 0.359 e. The lowest BCUT2D eigenvalue weighted by Crippen LogP contribution is -2.44. The Balaban J connectivity index is 1.99. The fraction of sp³-hybridized carbons (Fsp3) is 0.312. The van der Waals surface area contributed by atoms with Gasteiger partial charge in [0.25, 0.3) is 11.5 Å². The summed E-state index contributed by atoms with van der Waals surface area (Å²) < 4.78 is 4.85. The smallest absolute Gasteiger partial charge is 0.359 e. The number of fused-ring (bicyclic) bond motifs is 1. The molecule has 9 nitrogen and oxygen atoms in total. The number of rotatable bonds is 5. The Hall–Kier alpha value is -3.23. The van der Waals surface area contributed by atoms with Crippen molar-refractivity contribution >= 4 is 28.7 Å². The van der Waals surface area contributed by atoms with E-state index >= 15 is 0 Å². The van der Waals surface area contributed by atoms with Gasteiger partial charge in [0.1, 0.15) is 0 Å². The van der Waals surface area contributed by atoms with E-state index in [0.29, 0.717) is 11.8 Å². The van der Waals surface area contributed by atoms with Gasteiger partial charge >= 0.3 is 12.0 Å². The number of nitrogens with zero attached hydrogens (tertiary/aromatic N) is 1. The van der Waals surface area contributed by atoms with Crippen LogP contribution in [0.25, 0.3) is 10.8 Å². The summed E-state index contributed by atoms with van der Waals surface area (Å²) in [7, 11) is 0. The number of benzene rings is 1. The molecule has 0 spiro atoms. The molecular formula is C16H18N4O5. The van der Waals surface area contributed by atoms with Crippen LogP contribution in [-0.4, -0.2) is 40.8 Å². The van der Waals surface area contributed by atoms with Crippen molar-refractivity contribution in [2.24, 2.45) is 0 Å². The van der Waals surface area contributed by atoms with Crippen LogP contribution in [0.5, 0.6) is 0 Å². The van der Waals surface area contributed by atoms with Crippen LogP contribution in [0.2, 0.25) is 0 Å². The van der Waals surface area contributed by atoms with Gasteiger partial charge in [0.2, 0.25) is 0 Å². The lowest BCUT2D eigenvalue weighted by Gasteiger charge is -2.11. The van der Waals surface area contributed by atoms with Crippen LogP contribution >= 0.6 is 0 Å². The first-order chi connectivity index (χ1) is 11.9. The summed E-state index contributed by atoms with van der Waals surface area (Å²) >= 11 is 0. The summed E-state index contributed by atoms with van der Waals surface area (Å²) in [6, 6.07) is 5.63. The predicted molar refractivity (Wildman–Crippen MR) is 89.1 cm³/mol. The molecule has 1 atom stereocenters. The van der Waals surface area contributed by atoms with Gasteiger partial charge in [0.15, 0.2) is 12.3 Å². The molecule has 0 bridgehead atoms. The highest BCUT2D eigenvalue weighted by atomic mass is 16.5. The van der Waals surface area contributed by atoms with Gasteiger partial charge in [-0.05, 0) is 19.4 Å². The van der Waals surface area contributed by atoms with Crippen LogP contribution in [0.4, 0.5) is 4.79 Å². The Kier molecular flexibility index (Phi) is 5.83. The molecule has 132 valence electrons. The molecule has 0 unspecified atom stereocenters. The first-order valence-corrected chi connectivity index (χ1v) is 7.67. The number of carbonyl (C=O) groups excluding carboxylic acids is 3. The van der Waals surface area contributed by atoms with E-state index in [9.17, 15) is 19.2 Å². The zero-order valence-electron chi connectivity index (χ0n) is 13.8. The third-order valence-corrected chi connectivity index (χ3v) is 3.47. The van der Waals surface area contributed by atoms with Gasteiger partial charge in [0.05, 0.1) is 5.39 Å². The van der Waals surface area contributed by atoms with E-state index in [-0.39, 0.29) is 17.1 Å². The number of ether oxygens (including phenoxy) is 1. The van der Waals surface area contributed by atoms with E-state index in [4.69, 9.17) is 4.74 Å². The van der Waals surface area contributed by atoms with E-state index in [1.54, 1.807) is 31.2 Å². The molecule has 1 heterocycles. The van der Waals surface area contributed by atoms with Crippen molar-refractivity contribution in [3.05, 3.63) is 40.3 Å². The molecule has 3 N–H and O–H groups in total. The van der Waals surface area contributed by atoms with Gasteiger partial charge in [0, 0.05) is 11.4 Å². The van der Waals surface area contributed by atoms with Crippen LogP contribution < -0.4 is 16.2 Å². The molecule has 1 aromatic heterocycles. The summed E-state index contributed by atoms with van der Waals surface area (Å²) in [5.74, 6) is -1.66. The van der Waals surface area contributed by atoms with Crippen molar-refractivity contribution in [1.82, 2.24) is 20.8 Å². The maximum absolute atomic E-state index is 12.1. The van der Waals surface area contributed by atoms with E-state index < -0.39 is 30.1 Å². The van der Waals surface area contributed by atoms with Crippen molar-refractivity contribution < 1.29 is 19.1 Å². The molecule has 25 heavy (non-hydrogen) atoms. The van der Waals surface area contributed by atoms with Crippen molar-refractivity contribution in [3.8, 4) is 0 Å². The van der Waals surface area contributed by atoms with Crippen LogP contribution in [0, 0.1) is 0 Å². The normalized spacial score (nSPS) is 11.6. The van der Waals surface area contributed by atoms with Gasteiger partial charge in [-0.25, -0.2) is 14.7 Å². The summed E-state index contributed by atoms with van der Waals surface area (Å²) in [6.07, 6.45) is 0.710. The minimum atomic E-state index is -0.884.